The van der Waals surface area contributed by atoms with Gasteiger partial charge in [-0.1, -0.05) is 5.10 Å². The van der Waals surface area contributed by atoms with E-state index in [2.05, 4.69) is 15.5 Å². The number of aryl methyl sites for hydroxylation is 1. The van der Waals surface area contributed by atoms with Gasteiger partial charge in [-0.05, 0) is 42.1 Å². The molecule has 1 aromatic carbocycles. The molecule has 0 unspecified atom stereocenters. The summed E-state index contributed by atoms with van der Waals surface area (Å²) in [4.78, 5) is 12.5. The first-order valence-electron chi connectivity index (χ1n) is 6.61. The Morgan fingerprint density at radius 3 is 2.83 bits per heavy atom. The SMILES string of the molecule is COc1ccc(C(=O)Nc2nnc(-c3sccc3F)o2)c(C)c1. The lowest BCUT2D eigenvalue weighted by atomic mass is 10.1. The highest BCUT2D eigenvalue weighted by atomic mass is 32.1. The average molecular weight is 333 g/mol. The first kappa shape index (κ1) is 15.2. The van der Waals surface area contributed by atoms with Crippen LogP contribution in [0.25, 0.3) is 10.8 Å². The molecular weight excluding hydrogens is 321 g/mol. The third kappa shape index (κ3) is 3.07. The Morgan fingerprint density at radius 1 is 1.35 bits per heavy atom. The second kappa shape index (κ2) is 6.17. The van der Waals surface area contributed by atoms with E-state index in [1.54, 1.807) is 37.6 Å². The van der Waals surface area contributed by atoms with Gasteiger partial charge in [0, 0.05) is 5.56 Å². The summed E-state index contributed by atoms with van der Waals surface area (Å²) in [6.45, 7) is 1.79. The summed E-state index contributed by atoms with van der Waals surface area (Å²) in [6.07, 6.45) is 0. The number of hydrogen-bond donors (Lipinski definition) is 1. The molecular formula is C15H12FN3O3S. The van der Waals surface area contributed by atoms with Gasteiger partial charge in [-0.2, -0.15) is 0 Å². The Hall–Kier alpha value is -2.74. The van der Waals surface area contributed by atoms with Gasteiger partial charge in [0.15, 0.2) is 0 Å². The van der Waals surface area contributed by atoms with Crippen molar-refractivity contribution in [3.63, 3.8) is 0 Å². The van der Waals surface area contributed by atoms with Gasteiger partial charge in [-0.25, -0.2) is 4.39 Å². The van der Waals surface area contributed by atoms with Crippen LogP contribution in [0.5, 0.6) is 5.75 Å². The van der Waals surface area contributed by atoms with E-state index < -0.39 is 11.7 Å². The van der Waals surface area contributed by atoms with Crippen LogP contribution < -0.4 is 10.1 Å². The number of ether oxygens (including phenoxy) is 1. The Morgan fingerprint density at radius 2 is 2.17 bits per heavy atom. The molecule has 0 aliphatic carbocycles. The van der Waals surface area contributed by atoms with E-state index in [0.717, 1.165) is 16.9 Å². The van der Waals surface area contributed by atoms with Gasteiger partial charge >= 0.3 is 6.01 Å². The lowest BCUT2D eigenvalue weighted by molar-refractivity contribution is 0.102. The molecule has 3 aromatic rings. The molecule has 0 aliphatic rings. The van der Waals surface area contributed by atoms with Crippen molar-refractivity contribution in [2.24, 2.45) is 0 Å². The number of methoxy groups -OCH3 is 1. The maximum atomic E-state index is 13.5. The summed E-state index contributed by atoms with van der Waals surface area (Å²) in [6, 6.07) is 6.29. The van der Waals surface area contributed by atoms with E-state index in [-0.39, 0.29) is 16.8 Å². The van der Waals surface area contributed by atoms with Crippen LogP contribution >= 0.6 is 11.3 Å². The third-order valence-corrected chi connectivity index (χ3v) is 4.01. The molecule has 0 saturated carbocycles. The maximum Gasteiger partial charge on any atom is 0.322 e. The van der Waals surface area contributed by atoms with Crippen LogP contribution in [0, 0.1) is 12.7 Å². The van der Waals surface area contributed by atoms with Crippen LogP contribution in [0.4, 0.5) is 10.4 Å². The Bertz CT molecular complexity index is 859. The van der Waals surface area contributed by atoms with Gasteiger partial charge < -0.3 is 9.15 Å². The fraction of sp³-hybridized carbons (Fsp3) is 0.133. The highest BCUT2D eigenvalue weighted by Crippen LogP contribution is 2.28. The molecule has 0 spiro atoms. The normalized spacial score (nSPS) is 10.6. The number of benzene rings is 1. The van der Waals surface area contributed by atoms with Crippen molar-refractivity contribution < 1.29 is 18.3 Å². The summed E-state index contributed by atoms with van der Waals surface area (Å²) in [5.41, 5.74) is 1.19. The highest BCUT2D eigenvalue weighted by molar-refractivity contribution is 7.13. The fourth-order valence-electron chi connectivity index (χ4n) is 1.99. The molecule has 2 aromatic heterocycles. The number of aromatic nitrogens is 2. The molecule has 1 N–H and O–H groups in total. The Kier molecular flexibility index (Phi) is 4.07. The number of halogens is 1. The molecule has 3 rings (SSSR count). The van der Waals surface area contributed by atoms with E-state index >= 15 is 0 Å². The van der Waals surface area contributed by atoms with Crippen LogP contribution in [-0.2, 0) is 0 Å². The highest BCUT2D eigenvalue weighted by Gasteiger charge is 2.17. The monoisotopic (exact) mass is 333 g/mol. The fourth-order valence-corrected chi connectivity index (χ4v) is 2.68. The number of carbonyl (C=O) groups excluding carboxylic acids is 1. The Labute approximate surface area is 134 Å². The Balaban J connectivity index is 1.79. The summed E-state index contributed by atoms with van der Waals surface area (Å²) in [7, 11) is 1.55. The van der Waals surface area contributed by atoms with Gasteiger partial charge in [-0.3, -0.25) is 10.1 Å². The van der Waals surface area contributed by atoms with E-state index in [0.29, 0.717) is 11.3 Å². The number of thiophene rings is 1. The zero-order chi connectivity index (χ0) is 16.4. The molecule has 0 radical (unpaired) electrons. The van der Waals surface area contributed by atoms with Crippen LogP contribution in [-0.4, -0.2) is 23.2 Å². The number of nitrogens with one attached hydrogen (secondary N) is 1. The van der Waals surface area contributed by atoms with Crippen molar-refractivity contribution in [2.75, 3.05) is 12.4 Å². The minimum absolute atomic E-state index is 0.0271. The van der Waals surface area contributed by atoms with E-state index in [4.69, 9.17) is 9.15 Å². The number of hydrogen-bond acceptors (Lipinski definition) is 6. The van der Waals surface area contributed by atoms with Crippen LogP contribution in [0.1, 0.15) is 15.9 Å². The van der Waals surface area contributed by atoms with Crippen molar-refractivity contribution in [3.05, 3.63) is 46.6 Å². The molecule has 2 heterocycles. The molecule has 0 bridgehead atoms. The molecule has 0 saturated heterocycles. The van der Waals surface area contributed by atoms with Crippen molar-refractivity contribution in [1.29, 1.82) is 0 Å². The van der Waals surface area contributed by atoms with Gasteiger partial charge in [0.05, 0.1) is 7.11 Å². The standard InChI is InChI=1S/C15H12FN3O3S/c1-8-7-9(21-2)3-4-10(8)13(20)17-15-19-18-14(22-15)12-11(16)5-6-23-12/h3-7H,1-2H3,(H,17,19,20). The summed E-state index contributed by atoms with van der Waals surface area (Å²) >= 11 is 1.14. The lowest BCUT2D eigenvalue weighted by Gasteiger charge is -2.06. The first-order chi connectivity index (χ1) is 11.1. The number of rotatable bonds is 4. The molecule has 8 heteroatoms. The quantitative estimate of drug-likeness (QED) is 0.790. The van der Waals surface area contributed by atoms with Crippen molar-refractivity contribution in [1.82, 2.24) is 10.2 Å². The number of anilines is 1. The van der Waals surface area contributed by atoms with Crippen molar-refractivity contribution in [2.45, 2.75) is 6.92 Å². The van der Waals surface area contributed by atoms with Crippen molar-refractivity contribution >= 4 is 23.3 Å². The number of amides is 1. The van der Waals surface area contributed by atoms with Crippen LogP contribution in [0.2, 0.25) is 0 Å². The number of carbonyl (C=O) groups is 1. The van der Waals surface area contributed by atoms with Gasteiger partial charge in [0.25, 0.3) is 11.8 Å². The van der Waals surface area contributed by atoms with Gasteiger partial charge in [0.2, 0.25) is 0 Å². The molecule has 6 nitrogen and oxygen atoms in total. The van der Waals surface area contributed by atoms with E-state index in [9.17, 15) is 9.18 Å². The second-order valence-electron chi connectivity index (χ2n) is 4.65. The third-order valence-electron chi connectivity index (χ3n) is 3.14. The van der Waals surface area contributed by atoms with Gasteiger partial charge in [-0.15, -0.1) is 16.4 Å². The molecule has 0 aliphatic heterocycles. The smallest absolute Gasteiger partial charge is 0.322 e. The molecule has 23 heavy (non-hydrogen) atoms. The first-order valence-corrected chi connectivity index (χ1v) is 7.49. The second-order valence-corrected chi connectivity index (χ2v) is 5.56. The minimum atomic E-state index is -0.442. The van der Waals surface area contributed by atoms with E-state index in [1.165, 1.54) is 6.07 Å². The number of nitrogens with zero attached hydrogens (tertiary/aromatic N) is 2. The molecule has 118 valence electrons. The van der Waals surface area contributed by atoms with Gasteiger partial charge in [0.1, 0.15) is 16.4 Å². The maximum absolute atomic E-state index is 13.5. The average Bonchev–Trinajstić information content (AvgIpc) is 3.15. The zero-order valence-corrected chi connectivity index (χ0v) is 13.1. The predicted molar refractivity (Wildman–Crippen MR) is 83.3 cm³/mol. The van der Waals surface area contributed by atoms with Crippen molar-refractivity contribution in [3.8, 4) is 16.5 Å². The van der Waals surface area contributed by atoms with E-state index in [1.807, 2.05) is 0 Å². The minimum Gasteiger partial charge on any atom is -0.497 e. The largest absolute Gasteiger partial charge is 0.497 e. The summed E-state index contributed by atoms with van der Waals surface area (Å²) in [5.74, 6) is -0.152. The van der Waals surface area contributed by atoms with Crippen LogP contribution in [0.3, 0.4) is 0 Å². The summed E-state index contributed by atoms with van der Waals surface area (Å²) < 4.78 is 23.9. The molecule has 1 amide bonds. The zero-order valence-electron chi connectivity index (χ0n) is 12.3. The lowest BCUT2D eigenvalue weighted by Crippen LogP contribution is -2.13. The molecule has 0 fully saturated rings. The predicted octanol–water partition coefficient (Wildman–Crippen LogP) is 3.51. The summed E-state index contributed by atoms with van der Waals surface area (Å²) in [5, 5.41) is 11.5. The topological polar surface area (TPSA) is 77.2 Å². The molecule has 0 atom stereocenters. The van der Waals surface area contributed by atoms with Crippen LogP contribution in [0.15, 0.2) is 34.1 Å².